The minimum absolute atomic E-state index is 0.0105. The molecule has 39 heavy (non-hydrogen) atoms. The third-order valence-corrected chi connectivity index (χ3v) is 5.85. The van der Waals surface area contributed by atoms with Gasteiger partial charge in [-0.05, 0) is 59.7 Å². The van der Waals surface area contributed by atoms with Crippen molar-refractivity contribution in [1.82, 2.24) is 30.4 Å². The van der Waals surface area contributed by atoms with Gasteiger partial charge in [0.1, 0.15) is 11.5 Å². The average Bonchev–Trinajstić information content (AvgIpc) is 3.50. The molecule has 1 fully saturated rings. The van der Waals surface area contributed by atoms with Gasteiger partial charge in [-0.3, -0.25) is 14.5 Å². The smallest absolute Gasteiger partial charge is 0.507 e. The molecule has 3 heterocycles. The first kappa shape index (κ1) is 25.5. The SMILES string of the molecule is Cc1ccc(N2C(=O)C(=O)C(=C(O)c3ccc(OC(F)(F)F)cc3)C2c2ccc(Cn3ncnn3)cc2)nn1. The number of halogens is 3. The normalized spacial score (nSPS) is 17.0. The number of carbonyl (C=O) groups excluding carboxylic acids is 2. The maximum absolute atomic E-state index is 13.2. The number of aryl methyl sites for hydroxylation is 1. The lowest BCUT2D eigenvalue weighted by Crippen LogP contribution is -2.30. The predicted molar refractivity (Wildman–Crippen MR) is 128 cm³/mol. The fourth-order valence-electron chi connectivity index (χ4n) is 4.10. The zero-order valence-electron chi connectivity index (χ0n) is 20.1. The Labute approximate surface area is 218 Å². The van der Waals surface area contributed by atoms with Crippen molar-refractivity contribution in [2.45, 2.75) is 25.9 Å². The summed E-state index contributed by atoms with van der Waals surface area (Å²) in [5.41, 5.74) is 1.59. The van der Waals surface area contributed by atoms with E-state index >= 15 is 0 Å². The number of tetrazole rings is 1. The minimum atomic E-state index is -4.90. The molecule has 0 saturated carbocycles. The van der Waals surface area contributed by atoms with E-state index in [-0.39, 0.29) is 17.0 Å². The van der Waals surface area contributed by atoms with Gasteiger partial charge in [0.25, 0.3) is 5.78 Å². The summed E-state index contributed by atoms with van der Waals surface area (Å²) >= 11 is 0. The van der Waals surface area contributed by atoms with Crippen molar-refractivity contribution >= 4 is 23.3 Å². The standard InChI is InChI=1S/C25H18F3N7O4/c1-14-2-11-19(32-31-14)35-21(16-5-3-15(4-6-16)12-34-30-13-29-33-34)20(23(37)24(35)38)22(36)17-7-9-18(10-8-17)39-25(26,27)28/h2-11,13,21,36H,12H2,1H3. The molecule has 198 valence electrons. The van der Waals surface area contributed by atoms with Gasteiger partial charge in [-0.1, -0.05) is 24.3 Å². The number of aromatic nitrogens is 6. The highest BCUT2D eigenvalue weighted by Gasteiger charge is 2.47. The van der Waals surface area contributed by atoms with Gasteiger partial charge < -0.3 is 9.84 Å². The van der Waals surface area contributed by atoms with Gasteiger partial charge in [0.15, 0.2) is 12.1 Å². The molecule has 2 aromatic carbocycles. The number of nitrogens with zero attached hydrogens (tertiary/aromatic N) is 7. The van der Waals surface area contributed by atoms with Gasteiger partial charge in [0.05, 0.1) is 23.9 Å². The summed E-state index contributed by atoms with van der Waals surface area (Å²) in [5.74, 6) is -2.95. The number of ketones is 1. The van der Waals surface area contributed by atoms with Crippen molar-refractivity contribution in [3.63, 3.8) is 0 Å². The Kier molecular flexibility index (Phi) is 6.52. The van der Waals surface area contributed by atoms with Gasteiger partial charge in [0, 0.05) is 5.56 Å². The Hall–Kier alpha value is -5.14. The van der Waals surface area contributed by atoms with E-state index < -0.39 is 35.6 Å². The van der Waals surface area contributed by atoms with E-state index in [1.165, 1.54) is 17.2 Å². The minimum Gasteiger partial charge on any atom is -0.507 e. The van der Waals surface area contributed by atoms with Crippen LogP contribution in [0.4, 0.5) is 19.0 Å². The van der Waals surface area contributed by atoms with E-state index in [1.54, 1.807) is 37.3 Å². The first-order chi connectivity index (χ1) is 18.6. The zero-order valence-corrected chi connectivity index (χ0v) is 20.1. The van der Waals surface area contributed by atoms with Crippen LogP contribution in [0, 0.1) is 6.92 Å². The third kappa shape index (κ3) is 5.30. The Morgan fingerprint density at radius 3 is 2.31 bits per heavy atom. The zero-order chi connectivity index (χ0) is 27.7. The van der Waals surface area contributed by atoms with Crippen LogP contribution in [0.15, 0.2) is 72.6 Å². The molecule has 0 aliphatic carbocycles. The van der Waals surface area contributed by atoms with E-state index in [0.29, 0.717) is 17.8 Å². The van der Waals surface area contributed by atoms with Gasteiger partial charge >= 0.3 is 12.3 Å². The summed E-state index contributed by atoms with van der Waals surface area (Å²) in [7, 11) is 0. The summed E-state index contributed by atoms with van der Waals surface area (Å²) in [6.07, 6.45) is -3.60. The van der Waals surface area contributed by atoms with Gasteiger partial charge in [-0.15, -0.1) is 28.5 Å². The molecule has 4 aromatic rings. The molecule has 1 atom stereocenters. The van der Waals surface area contributed by atoms with E-state index in [4.69, 9.17) is 0 Å². The number of aliphatic hydroxyl groups is 1. The molecule has 1 unspecified atom stereocenters. The second-order valence-electron chi connectivity index (χ2n) is 8.48. The van der Waals surface area contributed by atoms with E-state index in [0.717, 1.165) is 34.7 Å². The fourth-order valence-corrected chi connectivity index (χ4v) is 4.10. The number of anilines is 1. The van der Waals surface area contributed by atoms with Crippen molar-refractivity contribution in [2.75, 3.05) is 4.90 Å². The Morgan fingerprint density at radius 1 is 1.00 bits per heavy atom. The van der Waals surface area contributed by atoms with Crippen LogP contribution in [0.2, 0.25) is 0 Å². The number of benzene rings is 2. The van der Waals surface area contributed by atoms with Crippen LogP contribution >= 0.6 is 0 Å². The molecule has 2 aromatic heterocycles. The van der Waals surface area contributed by atoms with Crippen molar-refractivity contribution in [2.24, 2.45) is 0 Å². The molecule has 11 nitrogen and oxygen atoms in total. The van der Waals surface area contributed by atoms with Crippen LogP contribution in [-0.2, 0) is 16.1 Å². The molecule has 5 rings (SSSR count). The third-order valence-electron chi connectivity index (χ3n) is 5.85. The van der Waals surface area contributed by atoms with Crippen LogP contribution in [-0.4, -0.2) is 53.6 Å². The van der Waals surface area contributed by atoms with Crippen molar-refractivity contribution < 1.29 is 32.6 Å². The topological polar surface area (TPSA) is 136 Å². The fraction of sp³-hybridized carbons (Fsp3) is 0.160. The molecule has 1 aliphatic heterocycles. The highest BCUT2D eigenvalue weighted by molar-refractivity contribution is 6.51. The number of rotatable bonds is 6. The molecule has 1 saturated heterocycles. The van der Waals surface area contributed by atoms with Crippen molar-refractivity contribution in [1.29, 1.82) is 0 Å². The number of carbonyl (C=O) groups is 2. The molecule has 1 N–H and O–H groups in total. The van der Waals surface area contributed by atoms with Crippen LogP contribution < -0.4 is 9.64 Å². The molecule has 0 bridgehead atoms. The largest absolute Gasteiger partial charge is 0.573 e. The molecule has 0 radical (unpaired) electrons. The lowest BCUT2D eigenvalue weighted by atomic mass is 9.94. The van der Waals surface area contributed by atoms with Gasteiger partial charge in [-0.25, -0.2) is 0 Å². The number of hydrogen-bond acceptors (Lipinski definition) is 9. The number of aliphatic hydroxyl groups excluding tert-OH is 1. The lowest BCUT2D eigenvalue weighted by Gasteiger charge is -2.24. The second-order valence-corrected chi connectivity index (χ2v) is 8.48. The van der Waals surface area contributed by atoms with Crippen LogP contribution in [0.5, 0.6) is 5.75 Å². The molecule has 14 heteroatoms. The van der Waals surface area contributed by atoms with E-state index in [2.05, 4.69) is 30.3 Å². The Balaban J connectivity index is 1.58. The van der Waals surface area contributed by atoms with E-state index in [1.807, 2.05) is 0 Å². The first-order valence-corrected chi connectivity index (χ1v) is 11.4. The predicted octanol–water partition coefficient (Wildman–Crippen LogP) is 3.34. The highest BCUT2D eigenvalue weighted by atomic mass is 19.4. The molecule has 0 spiro atoms. The maximum Gasteiger partial charge on any atom is 0.573 e. The number of alkyl halides is 3. The van der Waals surface area contributed by atoms with Gasteiger partial charge in [0.2, 0.25) is 0 Å². The Bertz CT molecular complexity index is 1540. The first-order valence-electron chi connectivity index (χ1n) is 11.4. The summed E-state index contributed by atoms with van der Waals surface area (Å²) in [6, 6.07) is 13.1. The summed E-state index contributed by atoms with van der Waals surface area (Å²) in [4.78, 5) is 28.9. The Morgan fingerprint density at radius 2 is 1.72 bits per heavy atom. The van der Waals surface area contributed by atoms with E-state index in [9.17, 15) is 27.9 Å². The van der Waals surface area contributed by atoms with Gasteiger partial charge in [-0.2, -0.15) is 9.90 Å². The monoisotopic (exact) mass is 537 g/mol. The molecule has 1 amide bonds. The molecular formula is C25H18F3N7O4. The summed E-state index contributed by atoms with van der Waals surface area (Å²) < 4.78 is 41.5. The molecular weight excluding hydrogens is 519 g/mol. The summed E-state index contributed by atoms with van der Waals surface area (Å²) in [6.45, 7) is 2.02. The quantitative estimate of drug-likeness (QED) is 0.223. The molecule has 1 aliphatic rings. The number of hydrogen-bond donors (Lipinski definition) is 1. The van der Waals surface area contributed by atoms with Crippen LogP contribution in [0.3, 0.4) is 0 Å². The van der Waals surface area contributed by atoms with Crippen LogP contribution in [0.25, 0.3) is 5.76 Å². The second kappa shape index (κ2) is 9.96. The average molecular weight is 537 g/mol. The van der Waals surface area contributed by atoms with Crippen molar-refractivity contribution in [3.05, 3.63) is 94.9 Å². The van der Waals surface area contributed by atoms with Crippen molar-refractivity contribution in [3.8, 4) is 5.75 Å². The lowest BCUT2D eigenvalue weighted by molar-refractivity contribution is -0.274. The highest BCUT2D eigenvalue weighted by Crippen LogP contribution is 2.41. The summed E-state index contributed by atoms with van der Waals surface area (Å²) in [5, 5.41) is 30.6. The maximum atomic E-state index is 13.2. The number of ether oxygens (including phenoxy) is 1. The van der Waals surface area contributed by atoms with Crippen LogP contribution in [0.1, 0.15) is 28.4 Å². The number of amides is 1. The number of Topliss-reactive ketones (excluding diaryl/α,β-unsaturated/α-hetero) is 1.